The number of nitrogens with zero attached hydrogens (tertiary/aromatic N) is 1. The third-order valence-electron chi connectivity index (χ3n) is 4.18. The average molecular weight is 352 g/mol. The molecule has 2 aromatic rings. The van der Waals surface area contributed by atoms with Gasteiger partial charge in [0.15, 0.2) is 5.96 Å². The molecule has 0 radical (unpaired) electrons. The molecule has 138 valence electrons. The van der Waals surface area contributed by atoms with Crippen LogP contribution in [0.15, 0.2) is 59.6 Å². The second-order valence-corrected chi connectivity index (χ2v) is 6.17. The van der Waals surface area contributed by atoms with Crippen molar-refractivity contribution in [2.45, 2.75) is 26.3 Å². The van der Waals surface area contributed by atoms with E-state index in [-0.39, 0.29) is 5.91 Å². The molecule has 1 amide bonds. The van der Waals surface area contributed by atoms with Crippen LogP contribution in [0.3, 0.4) is 0 Å². The molecule has 0 aliphatic carbocycles. The molecule has 0 aliphatic rings. The van der Waals surface area contributed by atoms with E-state index < -0.39 is 0 Å². The number of carbonyl (C=O) groups is 1. The molecule has 0 heterocycles. The van der Waals surface area contributed by atoms with E-state index in [1.807, 2.05) is 37.3 Å². The van der Waals surface area contributed by atoms with Crippen LogP contribution in [0, 0.1) is 0 Å². The fraction of sp³-hybridized carbons (Fsp3) is 0.333. The number of benzene rings is 2. The molecule has 0 saturated heterocycles. The van der Waals surface area contributed by atoms with E-state index in [9.17, 15) is 4.79 Å². The van der Waals surface area contributed by atoms with Crippen LogP contribution in [0.2, 0.25) is 0 Å². The highest BCUT2D eigenvalue weighted by Crippen LogP contribution is 2.12. The number of guanidine groups is 1. The number of amides is 1. The van der Waals surface area contributed by atoms with Gasteiger partial charge in [-0.05, 0) is 36.1 Å². The number of hydrogen-bond acceptors (Lipinski definition) is 2. The summed E-state index contributed by atoms with van der Waals surface area (Å²) in [6, 6.07) is 18.0. The van der Waals surface area contributed by atoms with Crippen LogP contribution in [0.25, 0.3) is 0 Å². The SMILES string of the molecule is CCNC(=O)c1ccc(CNC(=NC)NCC(C)c2ccccc2)cc1. The van der Waals surface area contributed by atoms with Gasteiger partial charge in [0.25, 0.3) is 5.91 Å². The van der Waals surface area contributed by atoms with Crippen LogP contribution in [0.1, 0.15) is 41.3 Å². The first-order chi connectivity index (χ1) is 12.6. The summed E-state index contributed by atoms with van der Waals surface area (Å²) in [5.41, 5.74) is 3.07. The summed E-state index contributed by atoms with van der Waals surface area (Å²) >= 11 is 0. The lowest BCUT2D eigenvalue weighted by Crippen LogP contribution is -2.38. The second kappa shape index (κ2) is 10.2. The van der Waals surface area contributed by atoms with Gasteiger partial charge in [-0.3, -0.25) is 9.79 Å². The van der Waals surface area contributed by atoms with E-state index in [2.05, 4.69) is 52.1 Å². The highest BCUT2D eigenvalue weighted by molar-refractivity contribution is 5.94. The standard InChI is InChI=1S/C21H28N4O/c1-4-23-20(26)19-12-10-17(11-13-19)15-25-21(22-3)24-14-16(2)18-8-6-5-7-9-18/h5-13,16H,4,14-15H2,1-3H3,(H,23,26)(H2,22,24,25). The van der Waals surface area contributed by atoms with Crippen molar-refractivity contribution in [3.05, 3.63) is 71.3 Å². The van der Waals surface area contributed by atoms with Crippen molar-refractivity contribution in [2.24, 2.45) is 4.99 Å². The highest BCUT2D eigenvalue weighted by atomic mass is 16.1. The molecule has 0 bridgehead atoms. The molecular formula is C21H28N4O. The Kier molecular flexibility index (Phi) is 7.68. The van der Waals surface area contributed by atoms with Crippen molar-refractivity contribution in [2.75, 3.05) is 20.1 Å². The average Bonchev–Trinajstić information content (AvgIpc) is 2.69. The molecule has 26 heavy (non-hydrogen) atoms. The van der Waals surface area contributed by atoms with Crippen LogP contribution in [-0.2, 0) is 6.54 Å². The smallest absolute Gasteiger partial charge is 0.251 e. The molecule has 1 atom stereocenters. The fourth-order valence-corrected chi connectivity index (χ4v) is 2.59. The number of nitrogens with one attached hydrogen (secondary N) is 3. The van der Waals surface area contributed by atoms with Gasteiger partial charge in [0.1, 0.15) is 0 Å². The Morgan fingerprint density at radius 3 is 2.31 bits per heavy atom. The number of hydrogen-bond donors (Lipinski definition) is 3. The van der Waals surface area contributed by atoms with E-state index in [0.717, 1.165) is 18.1 Å². The minimum Gasteiger partial charge on any atom is -0.356 e. The van der Waals surface area contributed by atoms with Gasteiger partial charge in [-0.2, -0.15) is 0 Å². The Hall–Kier alpha value is -2.82. The molecule has 0 spiro atoms. The third-order valence-corrected chi connectivity index (χ3v) is 4.18. The van der Waals surface area contributed by atoms with Gasteiger partial charge in [0, 0.05) is 32.2 Å². The summed E-state index contributed by atoms with van der Waals surface area (Å²) in [7, 11) is 1.76. The summed E-state index contributed by atoms with van der Waals surface area (Å²) in [6.45, 7) is 6.18. The number of aliphatic imine (C=N–C) groups is 1. The quantitative estimate of drug-likeness (QED) is 0.530. The fourth-order valence-electron chi connectivity index (χ4n) is 2.59. The molecule has 0 saturated carbocycles. The van der Waals surface area contributed by atoms with Gasteiger partial charge in [0.05, 0.1) is 0 Å². The largest absolute Gasteiger partial charge is 0.356 e. The maximum Gasteiger partial charge on any atom is 0.251 e. The number of rotatable bonds is 7. The lowest BCUT2D eigenvalue weighted by molar-refractivity contribution is 0.0956. The highest BCUT2D eigenvalue weighted by Gasteiger charge is 2.07. The number of carbonyl (C=O) groups excluding carboxylic acids is 1. The Morgan fingerprint density at radius 2 is 1.69 bits per heavy atom. The summed E-state index contributed by atoms with van der Waals surface area (Å²) in [6.07, 6.45) is 0. The zero-order valence-corrected chi connectivity index (χ0v) is 15.8. The first-order valence-corrected chi connectivity index (χ1v) is 9.00. The first-order valence-electron chi connectivity index (χ1n) is 9.00. The molecule has 2 rings (SSSR count). The third kappa shape index (κ3) is 5.92. The van der Waals surface area contributed by atoms with E-state index >= 15 is 0 Å². The van der Waals surface area contributed by atoms with Crippen molar-refractivity contribution in [1.82, 2.24) is 16.0 Å². The second-order valence-electron chi connectivity index (χ2n) is 6.17. The maximum absolute atomic E-state index is 11.8. The minimum atomic E-state index is -0.0422. The molecule has 3 N–H and O–H groups in total. The van der Waals surface area contributed by atoms with E-state index in [0.29, 0.717) is 24.6 Å². The summed E-state index contributed by atoms with van der Waals surface area (Å²) < 4.78 is 0. The summed E-state index contributed by atoms with van der Waals surface area (Å²) in [5.74, 6) is 1.12. The normalized spacial score (nSPS) is 12.3. The molecule has 1 unspecified atom stereocenters. The van der Waals surface area contributed by atoms with Gasteiger partial charge < -0.3 is 16.0 Å². The monoisotopic (exact) mass is 352 g/mol. The molecule has 0 fully saturated rings. The van der Waals surface area contributed by atoms with Gasteiger partial charge in [-0.15, -0.1) is 0 Å². The van der Waals surface area contributed by atoms with Crippen LogP contribution in [-0.4, -0.2) is 32.0 Å². The molecule has 5 nitrogen and oxygen atoms in total. The predicted octanol–water partition coefficient (Wildman–Crippen LogP) is 2.91. The molecule has 0 aliphatic heterocycles. The molecular weight excluding hydrogens is 324 g/mol. The minimum absolute atomic E-state index is 0.0422. The Labute approximate surface area is 155 Å². The van der Waals surface area contributed by atoms with Crippen LogP contribution in [0.5, 0.6) is 0 Å². The predicted molar refractivity (Wildman–Crippen MR) is 108 cm³/mol. The van der Waals surface area contributed by atoms with Gasteiger partial charge in [-0.25, -0.2) is 0 Å². The van der Waals surface area contributed by atoms with E-state index in [1.165, 1.54) is 5.56 Å². The van der Waals surface area contributed by atoms with Crippen molar-refractivity contribution < 1.29 is 4.79 Å². The molecule has 5 heteroatoms. The zero-order valence-electron chi connectivity index (χ0n) is 15.8. The van der Waals surface area contributed by atoms with Crippen LogP contribution < -0.4 is 16.0 Å². The Balaban J connectivity index is 1.82. The first kappa shape index (κ1) is 19.5. The van der Waals surface area contributed by atoms with Gasteiger partial charge >= 0.3 is 0 Å². The van der Waals surface area contributed by atoms with Crippen molar-refractivity contribution in [1.29, 1.82) is 0 Å². The van der Waals surface area contributed by atoms with Crippen LogP contribution >= 0.6 is 0 Å². The van der Waals surface area contributed by atoms with Crippen LogP contribution in [0.4, 0.5) is 0 Å². The Bertz CT molecular complexity index is 711. The zero-order chi connectivity index (χ0) is 18.8. The van der Waals surface area contributed by atoms with Crippen molar-refractivity contribution in [3.63, 3.8) is 0 Å². The van der Waals surface area contributed by atoms with Crippen molar-refractivity contribution >= 4 is 11.9 Å². The maximum atomic E-state index is 11.8. The van der Waals surface area contributed by atoms with Gasteiger partial charge in [0.2, 0.25) is 0 Å². The lowest BCUT2D eigenvalue weighted by atomic mass is 10.0. The summed E-state index contributed by atoms with van der Waals surface area (Å²) in [4.78, 5) is 16.0. The molecule has 0 aromatic heterocycles. The Morgan fingerprint density at radius 1 is 1.00 bits per heavy atom. The van der Waals surface area contributed by atoms with Crippen molar-refractivity contribution in [3.8, 4) is 0 Å². The molecule has 2 aromatic carbocycles. The topological polar surface area (TPSA) is 65.5 Å². The summed E-state index contributed by atoms with van der Waals surface area (Å²) in [5, 5.41) is 9.46. The van der Waals surface area contributed by atoms with E-state index in [1.54, 1.807) is 7.05 Å². The van der Waals surface area contributed by atoms with Gasteiger partial charge in [-0.1, -0.05) is 49.4 Å². The van der Waals surface area contributed by atoms with E-state index in [4.69, 9.17) is 0 Å². The lowest BCUT2D eigenvalue weighted by Gasteiger charge is -2.16.